The molecule has 6 atom stereocenters. The highest BCUT2D eigenvalue weighted by atomic mass is 35.5. The number of rotatable bonds is 1. The van der Waals surface area contributed by atoms with Gasteiger partial charge < -0.3 is 0 Å². The summed E-state index contributed by atoms with van der Waals surface area (Å²) in [6.07, 6.45) is 3.09. The Bertz CT molecular complexity index is 718. The van der Waals surface area contributed by atoms with Crippen molar-refractivity contribution < 1.29 is 4.21 Å². The molecule has 114 valence electrons. The SMILES string of the molecule is C=C1C(=C(Cl)Cl)C2CC1C1C(c3ccccc3)C=CS(=O)C21. The van der Waals surface area contributed by atoms with Crippen molar-refractivity contribution in [1.82, 2.24) is 0 Å². The minimum absolute atomic E-state index is 0.105. The highest BCUT2D eigenvalue weighted by Gasteiger charge is 2.57. The van der Waals surface area contributed by atoms with E-state index in [2.05, 4.69) is 36.9 Å². The molecule has 2 fully saturated rings. The zero-order chi connectivity index (χ0) is 15.4. The van der Waals surface area contributed by atoms with Gasteiger partial charge in [-0.1, -0.05) is 66.2 Å². The van der Waals surface area contributed by atoms with Crippen LogP contribution in [-0.4, -0.2) is 9.46 Å². The summed E-state index contributed by atoms with van der Waals surface area (Å²) < 4.78 is 12.9. The van der Waals surface area contributed by atoms with Crippen molar-refractivity contribution in [3.05, 3.63) is 69.6 Å². The van der Waals surface area contributed by atoms with E-state index >= 15 is 0 Å². The first kappa shape index (κ1) is 14.7. The lowest BCUT2D eigenvalue weighted by Crippen LogP contribution is -2.38. The highest BCUT2D eigenvalue weighted by molar-refractivity contribution is 7.88. The molecule has 1 aliphatic heterocycles. The zero-order valence-corrected chi connectivity index (χ0v) is 14.2. The van der Waals surface area contributed by atoms with E-state index in [1.54, 1.807) is 0 Å². The zero-order valence-electron chi connectivity index (χ0n) is 11.9. The number of hydrogen-bond acceptors (Lipinski definition) is 1. The van der Waals surface area contributed by atoms with Crippen molar-refractivity contribution in [3.63, 3.8) is 0 Å². The second-order valence-electron chi connectivity index (χ2n) is 6.28. The van der Waals surface area contributed by atoms with Gasteiger partial charge in [0.15, 0.2) is 0 Å². The van der Waals surface area contributed by atoms with Crippen molar-refractivity contribution in [2.75, 3.05) is 0 Å². The van der Waals surface area contributed by atoms with E-state index in [0.29, 0.717) is 22.2 Å². The Morgan fingerprint density at radius 1 is 1.18 bits per heavy atom. The Morgan fingerprint density at radius 2 is 1.91 bits per heavy atom. The first-order chi connectivity index (χ1) is 10.6. The Hall–Kier alpha value is -0.830. The molecule has 22 heavy (non-hydrogen) atoms. The van der Waals surface area contributed by atoms with E-state index in [4.69, 9.17) is 23.2 Å². The molecule has 1 nitrogen and oxygen atoms in total. The first-order valence-corrected chi connectivity index (χ1v) is 9.49. The van der Waals surface area contributed by atoms with Crippen molar-refractivity contribution in [1.29, 1.82) is 0 Å². The van der Waals surface area contributed by atoms with Crippen LogP contribution in [0.15, 0.2) is 64.0 Å². The molecule has 0 radical (unpaired) electrons. The minimum Gasteiger partial charge on any atom is -0.255 e. The van der Waals surface area contributed by atoms with Gasteiger partial charge in [-0.3, -0.25) is 4.21 Å². The monoisotopic (exact) mass is 350 g/mol. The van der Waals surface area contributed by atoms with Gasteiger partial charge in [0.2, 0.25) is 0 Å². The summed E-state index contributed by atoms with van der Waals surface area (Å²) in [4.78, 5) is 0. The molecule has 2 saturated carbocycles. The largest absolute Gasteiger partial charge is 0.255 e. The van der Waals surface area contributed by atoms with Crippen LogP contribution in [0, 0.1) is 17.8 Å². The average Bonchev–Trinajstić information content (AvgIpc) is 3.04. The van der Waals surface area contributed by atoms with E-state index in [9.17, 15) is 4.21 Å². The molecule has 1 heterocycles. The fourth-order valence-corrected chi connectivity index (χ4v) is 6.85. The van der Waals surface area contributed by atoms with Gasteiger partial charge >= 0.3 is 0 Å². The molecule has 0 saturated heterocycles. The van der Waals surface area contributed by atoms with Gasteiger partial charge in [-0.25, -0.2) is 0 Å². The van der Waals surface area contributed by atoms with Crippen molar-refractivity contribution in [3.8, 4) is 0 Å². The average molecular weight is 351 g/mol. The van der Waals surface area contributed by atoms with Crippen LogP contribution >= 0.6 is 23.2 Å². The van der Waals surface area contributed by atoms with Gasteiger partial charge in [0.25, 0.3) is 0 Å². The Kier molecular flexibility index (Phi) is 3.60. The van der Waals surface area contributed by atoms with E-state index in [-0.39, 0.29) is 11.2 Å². The number of fused-ring (bicyclic) bond motifs is 5. The molecule has 4 rings (SSSR count). The van der Waals surface area contributed by atoms with Crippen LogP contribution in [0.25, 0.3) is 0 Å². The Morgan fingerprint density at radius 3 is 2.59 bits per heavy atom. The second kappa shape index (κ2) is 5.36. The molecule has 0 aromatic heterocycles. The topological polar surface area (TPSA) is 17.1 Å². The molecule has 1 aromatic rings. The summed E-state index contributed by atoms with van der Waals surface area (Å²) >= 11 is 12.1. The summed E-state index contributed by atoms with van der Waals surface area (Å²) in [5.74, 6) is 1.15. The highest BCUT2D eigenvalue weighted by Crippen LogP contribution is 2.62. The summed E-state index contributed by atoms with van der Waals surface area (Å²) in [6.45, 7) is 4.23. The molecule has 4 heteroatoms. The fraction of sp³-hybridized carbons (Fsp3) is 0.333. The molecular formula is C18H16Cl2OS. The molecule has 0 N–H and O–H groups in total. The summed E-state index contributed by atoms with van der Waals surface area (Å²) in [5, 5.41) is 1.97. The molecule has 0 amide bonds. The number of benzene rings is 1. The minimum atomic E-state index is -0.965. The third-order valence-electron chi connectivity index (χ3n) is 5.40. The maximum absolute atomic E-state index is 12.6. The second-order valence-corrected chi connectivity index (χ2v) is 8.71. The smallest absolute Gasteiger partial charge is 0.110 e. The lowest BCUT2D eigenvalue weighted by Gasteiger charge is -2.39. The van der Waals surface area contributed by atoms with E-state index in [1.165, 1.54) is 5.56 Å². The van der Waals surface area contributed by atoms with Crippen LogP contribution in [0.5, 0.6) is 0 Å². The van der Waals surface area contributed by atoms with Gasteiger partial charge in [0.1, 0.15) is 4.49 Å². The molecule has 1 aromatic carbocycles. The molecule has 0 spiro atoms. The summed E-state index contributed by atoms with van der Waals surface area (Å²) in [6, 6.07) is 10.5. The van der Waals surface area contributed by atoms with Crippen LogP contribution in [0.1, 0.15) is 17.9 Å². The van der Waals surface area contributed by atoms with Crippen molar-refractivity contribution >= 4 is 34.0 Å². The predicted molar refractivity (Wildman–Crippen MR) is 93.2 cm³/mol. The normalized spacial score (nSPS) is 39.2. The number of halogens is 2. The standard InChI is InChI=1S/C18H16Cl2OS/c1-10-13-9-14(15(10)18(19)20)17-16(13)12(7-8-22(17)21)11-5-3-2-4-6-11/h2-8,12-14,16-17H,1,9H2. The lowest BCUT2D eigenvalue weighted by molar-refractivity contribution is 0.390. The summed E-state index contributed by atoms with van der Waals surface area (Å²) in [5.41, 5.74) is 3.29. The van der Waals surface area contributed by atoms with E-state index in [0.717, 1.165) is 17.6 Å². The van der Waals surface area contributed by atoms with Crippen molar-refractivity contribution in [2.24, 2.45) is 17.8 Å². The van der Waals surface area contributed by atoms with Crippen LogP contribution < -0.4 is 0 Å². The third kappa shape index (κ3) is 2.01. The van der Waals surface area contributed by atoms with Crippen molar-refractivity contribution in [2.45, 2.75) is 17.6 Å². The molecule has 3 aliphatic rings. The maximum atomic E-state index is 12.6. The molecule has 2 aliphatic carbocycles. The quantitative estimate of drug-likeness (QED) is 0.701. The van der Waals surface area contributed by atoms with Gasteiger partial charge in [0.05, 0.1) is 5.25 Å². The van der Waals surface area contributed by atoms with Crippen LogP contribution in [0.3, 0.4) is 0 Å². The van der Waals surface area contributed by atoms with Gasteiger partial charge in [-0.15, -0.1) is 0 Å². The van der Waals surface area contributed by atoms with Gasteiger partial charge in [-0.2, -0.15) is 0 Å². The third-order valence-corrected chi connectivity index (χ3v) is 7.42. The first-order valence-electron chi connectivity index (χ1n) is 7.46. The van der Waals surface area contributed by atoms with Gasteiger partial charge in [0, 0.05) is 22.6 Å². The Balaban J connectivity index is 1.80. The van der Waals surface area contributed by atoms with E-state index < -0.39 is 10.8 Å². The molecule has 6 unspecified atom stereocenters. The molecule has 2 bridgehead atoms. The predicted octanol–water partition coefficient (Wildman–Crippen LogP) is 4.93. The maximum Gasteiger partial charge on any atom is 0.110 e. The van der Waals surface area contributed by atoms with Crippen LogP contribution in [-0.2, 0) is 10.8 Å². The van der Waals surface area contributed by atoms with Crippen LogP contribution in [0.2, 0.25) is 0 Å². The van der Waals surface area contributed by atoms with E-state index in [1.807, 2.05) is 11.5 Å². The lowest BCUT2D eigenvalue weighted by atomic mass is 9.73. The van der Waals surface area contributed by atoms with Gasteiger partial charge in [-0.05, 0) is 40.4 Å². The molecular weight excluding hydrogens is 335 g/mol. The number of allylic oxidation sites excluding steroid dienone is 3. The summed E-state index contributed by atoms with van der Waals surface area (Å²) in [7, 11) is -0.965. The Labute approximate surface area is 143 Å². The number of hydrogen-bond donors (Lipinski definition) is 0. The fourth-order valence-electron chi connectivity index (χ4n) is 4.58. The van der Waals surface area contributed by atoms with Crippen LogP contribution in [0.4, 0.5) is 0 Å².